The summed E-state index contributed by atoms with van der Waals surface area (Å²) in [5.41, 5.74) is 3.03. The van der Waals surface area contributed by atoms with E-state index in [1.807, 2.05) is 0 Å². The second kappa shape index (κ2) is 6.43. The molecule has 1 N–H and O–H groups in total. The van der Waals surface area contributed by atoms with Crippen molar-refractivity contribution >= 4 is 12.1 Å². The first kappa shape index (κ1) is 15.8. The number of hydrogen-bond donors (Lipinski definition) is 1. The number of nitrogens with one attached hydrogen (secondary N) is 1. The van der Waals surface area contributed by atoms with Gasteiger partial charge >= 0.3 is 6.18 Å². The zero-order chi connectivity index (χ0) is 16.2. The van der Waals surface area contributed by atoms with E-state index in [4.69, 9.17) is 0 Å². The maximum Gasteiger partial charge on any atom is 0.416 e. The highest BCUT2D eigenvalue weighted by Crippen LogP contribution is 2.29. The zero-order valence-corrected chi connectivity index (χ0v) is 11.7. The van der Waals surface area contributed by atoms with Crippen LogP contribution in [0.2, 0.25) is 0 Å². The van der Waals surface area contributed by atoms with Crippen molar-refractivity contribution in [3.63, 3.8) is 0 Å². The predicted octanol–water partition coefficient (Wildman–Crippen LogP) is 3.78. The van der Waals surface area contributed by atoms with Crippen LogP contribution in [-0.4, -0.2) is 12.1 Å². The molecule has 0 aliphatic rings. The maximum atomic E-state index is 12.6. The van der Waals surface area contributed by atoms with E-state index in [0.717, 1.165) is 17.7 Å². The Morgan fingerprint density at radius 1 is 1.14 bits per heavy atom. The Morgan fingerprint density at radius 2 is 1.86 bits per heavy atom. The fourth-order valence-electron chi connectivity index (χ4n) is 1.85. The summed E-state index contributed by atoms with van der Waals surface area (Å²) in [6, 6.07) is 11.6. The summed E-state index contributed by atoms with van der Waals surface area (Å²) in [5, 5.41) is 3.69. The lowest BCUT2D eigenvalue weighted by Crippen LogP contribution is -2.18. The summed E-state index contributed by atoms with van der Waals surface area (Å²) in [6.07, 6.45) is -3.24. The van der Waals surface area contributed by atoms with E-state index in [2.05, 4.69) is 10.5 Å². The Morgan fingerprint density at radius 3 is 2.55 bits per heavy atom. The molecule has 0 radical (unpaired) electrons. The Labute approximate surface area is 125 Å². The molecule has 2 rings (SSSR count). The Bertz CT molecular complexity index is 709. The van der Waals surface area contributed by atoms with Gasteiger partial charge in [0.1, 0.15) is 0 Å². The third-order valence-electron chi connectivity index (χ3n) is 2.98. The number of hydrazone groups is 1. The van der Waals surface area contributed by atoms with Crippen molar-refractivity contribution in [2.45, 2.75) is 13.1 Å². The van der Waals surface area contributed by atoms with E-state index in [0.29, 0.717) is 5.56 Å². The molecule has 0 spiro atoms. The first-order chi connectivity index (χ1) is 10.4. The van der Waals surface area contributed by atoms with Crippen LogP contribution in [0.4, 0.5) is 13.2 Å². The SMILES string of the molecule is Cc1ccccc1C(=O)N/N=C\c1cccc(C(F)(F)F)c1. The van der Waals surface area contributed by atoms with Gasteiger partial charge in [-0.3, -0.25) is 4.79 Å². The minimum absolute atomic E-state index is 0.250. The average Bonchev–Trinajstić information content (AvgIpc) is 2.47. The Hall–Kier alpha value is -2.63. The number of halogens is 3. The van der Waals surface area contributed by atoms with E-state index in [9.17, 15) is 18.0 Å². The number of carbonyl (C=O) groups is 1. The van der Waals surface area contributed by atoms with Gasteiger partial charge < -0.3 is 0 Å². The van der Waals surface area contributed by atoms with Gasteiger partial charge in [-0.15, -0.1) is 0 Å². The van der Waals surface area contributed by atoms with Gasteiger partial charge in [-0.1, -0.05) is 30.3 Å². The highest BCUT2D eigenvalue weighted by Gasteiger charge is 2.30. The van der Waals surface area contributed by atoms with Crippen LogP contribution in [-0.2, 0) is 6.18 Å². The molecule has 0 fully saturated rings. The molecule has 2 aromatic carbocycles. The van der Waals surface area contributed by atoms with Crippen LogP contribution >= 0.6 is 0 Å². The number of carbonyl (C=O) groups excluding carboxylic acids is 1. The van der Waals surface area contributed by atoms with Crippen molar-refractivity contribution in [1.29, 1.82) is 0 Å². The number of hydrogen-bond acceptors (Lipinski definition) is 2. The second-order valence-electron chi connectivity index (χ2n) is 4.64. The van der Waals surface area contributed by atoms with Crippen molar-refractivity contribution in [2.75, 3.05) is 0 Å². The van der Waals surface area contributed by atoms with Crippen LogP contribution in [0.1, 0.15) is 27.0 Å². The molecule has 1 amide bonds. The zero-order valence-electron chi connectivity index (χ0n) is 11.7. The molecule has 0 aliphatic heterocycles. The van der Waals surface area contributed by atoms with Crippen molar-refractivity contribution in [3.8, 4) is 0 Å². The topological polar surface area (TPSA) is 41.5 Å². The smallest absolute Gasteiger partial charge is 0.267 e. The van der Waals surface area contributed by atoms with Crippen LogP contribution in [0.25, 0.3) is 0 Å². The van der Waals surface area contributed by atoms with Crippen molar-refractivity contribution in [2.24, 2.45) is 5.10 Å². The van der Waals surface area contributed by atoms with E-state index in [1.165, 1.54) is 18.3 Å². The third-order valence-corrected chi connectivity index (χ3v) is 2.98. The molecule has 0 saturated heterocycles. The summed E-state index contributed by atoms with van der Waals surface area (Å²) in [4.78, 5) is 11.9. The molecule has 0 bridgehead atoms. The molecule has 3 nitrogen and oxygen atoms in total. The number of benzene rings is 2. The summed E-state index contributed by atoms with van der Waals surface area (Å²) < 4.78 is 37.7. The van der Waals surface area contributed by atoms with Crippen molar-refractivity contribution in [3.05, 3.63) is 70.8 Å². The quantitative estimate of drug-likeness (QED) is 0.680. The van der Waals surface area contributed by atoms with Gasteiger partial charge in [0.05, 0.1) is 11.8 Å². The minimum atomic E-state index is -4.41. The van der Waals surface area contributed by atoms with Gasteiger partial charge in [-0.25, -0.2) is 5.43 Å². The summed E-state index contributed by atoms with van der Waals surface area (Å²) in [7, 11) is 0. The summed E-state index contributed by atoms with van der Waals surface area (Å²) in [5.74, 6) is -0.415. The molecule has 22 heavy (non-hydrogen) atoms. The number of nitrogens with zero attached hydrogens (tertiary/aromatic N) is 1. The van der Waals surface area contributed by atoms with E-state index in [1.54, 1.807) is 31.2 Å². The van der Waals surface area contributed by atoms with E-state index >= 15 is 0 Å². The van der Waals surface area contributed by atoms with Crippen molar-refractivity contribution in [1.82, 2.24) is 5.43 Å². The summed E-state index contributed by atoms with van der Waals surface area (Å²) >= 11 is 0. The molecule has 114 valence electrons. The van der Waals surface area contributed by atoms with Gasteiger partial charge in [-0.05, 0) is 36.2 Å². The lowest BCUT2D eigenvalue weighted by atomic mass is 10.1. The molecule has 2 aromatic rings. The van der Waals surface area contributed by atoms with E-state index < -0.39 is 17.6 Å². The second-order valence-corrected chi connectivity index (χ2v) is 4.64. The van der Waals surface area contributed by atoms with Crippen LogP contribution in [0.15, 0.2) is 53.6 Å². The minimum Gasteiger partial charge on any atom is -0.267 e. The number of amides is 1. The van der Waals surface area contributed by atoms with Gasteiger partial charge in [0, 0.05) is 5.56 Å². The molecule has 6 heteroatoms. The predicted molar refractivity (Wildman–Crippen MR) is 77.7 cm³/mol. The van der Waals surface area contributed by atoms with Gasteiger partial charge in [0.15, 0.2) is 0 Å². The molecule has 0 saturated carbocycles. The van der Waals surface area contributed by atoms with Crippen LogP contribution in [0.5, 0.6) is 0 Å². The molecule has 0 unspecified atom stereocenters. The number of aryl methyl sites for hydroxylation is 1. The van der Waals surface area contributed by atoms with Gasteiger partial charge in [-0.2, -0.15) is 18.3 Å². The van der Waals surface area contributed by atoms with Crippen LogP contribution < -0.4 is 5.43 Å². The van der Waals surface area contributed by atoms with E-state index in [-0.39, 0.29) is 5.56 Å². The maximum absolute atomic E-state index is 12.6. The number of rotatable bonds is 3. The highest BCUT2D eigenvalue weighted by molar-refractivity contribution is 5.96. The van der Waals surface area contributed by atoms with Crippen LogP contribution in [0.3, 0.4) is 0 Å². The molecular weight excluding hydrogens is 293 g/mol. The fraction of sp³-hybridized carbons (Fsp3) is 0.125. The standard InChI is InChI=1S/C16H13F3N2O/c1-11-5-2-3-8-14(11)15(22)21-20-10-12-6-4-7-13(9-12)16(17,18)19/h2-10H,1H3,(H,21,22)/b20-10-. The molecule has 0 aliphatic carbocycles. The first-order valence-corrected chi connectivity index (χ1v) is 6.44. The highest BCUT2D eigenvalue weighted by atomic mass is 19.4. The lowest BCUT2D eigenvalue weighted by Gasteiger charge is -2.06. The van der Waals surface area contributed by atoms with Gasteiger partial charge in [0.25, 0.3) is 5.91 Å². The Kier molecular flexibility index (Phi) is 4.60. The first-order valence-electron chi connectivity index (χ1n) is 6.44. The molecule has 0 atom stereocenters. The Balaban J connectivity index is 2.07. The fourth-order valence-corrected chi connectivity index (χ4v) is 1.85. The normalized spacial score (nSPS) is 11.6. The lowest BCUT2D eigenvalue weighted by molar-refractivity contribution is -0.137. The molecular formula is C16H13F3N2O. The summed E-state index contributed by atoms with van der Waals surface area (Å²) in [6.45, 7) is 1.78. The number of alkyl halides is 3. The third kappa shape index (κ3) is 3.94. The molecule has 0 aromatic heterocycles. The largest absolute Gasteiger partial charge is 0.416 e. The monoisotopic (exact) mass is 306 g/mol. The van der Waals surface area contributed by atoms with Gasteiger partial charge in [0.2, 0.25) is 0 Å². The molecule has 0 heterocycles. The average molecular weight is 306 g/mol. The van der Waals surface area contributed by atoms with Crippen LogP contribution in [0, 0.1) is 6.92 Å². The van der Waals surface area contributed by atoms with Crippen molar-refractivity contribution < 1.29 is 18.0 Å².